The van der Waals surface area contributed by atoms with E-state index in [4.69, 9.17) is 4.74 Å². The first-order chi connectivity index (χ1) is 12.0. The van der Waals surface area contributed by atoms with Gasteiger partial charge in [0.1, 0.15) is 5.70 Å². The summed E-state index contributed by atoms with van der Waals surface area (Å²) in [5, 5.41) is 2.67. The van der Waals surface area contributed by atoms with E-state index in [1.807, 2.05) is 49.4 Å². The molecule has 1 aliphatic heterocycles. The van der Waals surface area contributed by atoms with Crippen molar-refractivity contribution >= 4 is 41.3 Å². The Bertz CT molecular complexity index is 908. The molecule has 25 heavy (non-hydrogen) atoms. The molecule has 2 heterocycles. The summed E-state index contributed by atoms with van der Waals surface area (Å²) in [5.41, 5.74) is 1.41. The van der Waals surface area contributed by atoms with E-state index in [0.717, 1.165) is 15.3 Å². The average Bonchev–Trinajstić information content (AvgIpc) is 3.14. The number of thiophene rings is 1. The third-order valence-corrected chi connectivity index (χ3v) is 4.26. The van der Waals surface area contributed by atoms with E-state index < -0.39 is 5.97 Å². The third kappa shape index (κ3) is 4.30. The Balaban J connectivity index is 1.94. The highest BCUT2D eigenvalue weighted by Crippen LogP contribution is 2.23. The van der Waals surface area contributed by atoms with Gasteiger partial charge < -0.3 is 10.1 Å². The van der Waals surface area contributed by atoms with Gasteiger partial charge in [-0.05, 0) is 36.8 Å². The van der Waals surface area contributed by atoms with Crippen LogP contribution in [0.3, 0.4) is 0 Å². The molecule has 0 radical (unpaired) electrons. The summed E-state index contributed by atoms with van der Waals surface area (Å²) in [6, 6.07) is 13.3. The van der Waals surface area contributed by atoms with Crippen molar-refractivity contribution in [2.75, 3.05) is 0 Å². The maximum Gasteiger partial charge on any atom is 0.363 e. The first kappa shape index (κ1) is 16.9. The maximum atomic E-state index is 12.1. The Kier molecular flexibility index (Phi) is 4.90. The van der Waals surface area contributed by atoms with Crippen LogP contribution in [0.2, 0.25) is 0 Å². The third-order valence-electron chi connectivity index (χ3n) is 3.31. The number of hydrogen-bond acceptors (Lipinski definition) is 5. The average molecular weight is 352 g/mol. The summed E-state index contributed by atoms with van der Waals surface area (Å²) in [4.78, 5) is 29.9. The number of aliphatic imine (C=N–C) groups is 1. The molecule has 0 saturated carbocycles. The fourth-order valence-electron chi connectivity index (χ4n) is 2.25. The highest BCUT2D eigenvalue weighted by atomic mass is 32.1. The molecule has 6 heteroatoms. The van der Waals surface area contributed by atoms with Crippen molar-refractivity contribution in [2.24, 2.45) is 4.99 Å². The number of hydrogen-bond donors (Lipinski definition) is 1. The standard InChI is InChI=1S/C19H16N2O3S/c1-12-8-9-15(25-12)11-17-19(23)24-18(21-17)16(20-13(2)22)10-14-6-4-3-5-7-14/h3-11H,1-2H3,(H,20,22). The first-order valence-corrected chi connectivity index (χ1v) is 8.46. The monoisotopic (exact) mass is 352 g/mol. The van der Waals surface area contributed by atoms with E-state index in [2.05, 4.69) is 10.3 Å². The summed E-state index contributed by atoms with van der Waals surface area (Å²) in [7, 11) is 0. The molecule has 126 valence electrons. The van der Waals surface area contributed by atoms with E-state index >= 15 is 0 Å². The maximum absolute atomic E-state index is 12.1. The number of ether oxygens (including phenoxy) is 1. The van der Waals surface area contributed by atoms with Crippen molar-refractivity contribution in [1.82, 2.24) is 5.32 Å². The second-order valence-corrected chi connectivity index (χ2v) is 6.75. The van der Waals surface area contributed by atoms with Crippen LogP contribution in [0.25, 0.3) is 12.2 Å². The molecule has 1 aliphatic rings. The number of benzene rings is 1. The molecule has 0 aliphatic carbocycles. The fourth-order valence-corrected chi connectivity index (χ4v) is 3.06. The summed E-state index contributed by atoms with van der Waals surface area (Å²) < 4.78 is 5.25. The first-order valence-electron chi connectivity index (χ1n) is 7.65. The van der Waals surface area contributed by atoms with Crippen LogP contribution in [-0.2, 0) is 14.3 Å². The van der Waals surface area contributed by atoms with Gasteiger partial charge in [-0.2, -0.15) is 0 Å². The highest BCUT2D eigenvalue weighted by Gasteiger charge is 2.26. The molecule has 1 aromatic heterocycles. The minimum atomic E-state index is -0.537. The van der Waals surface area contributed by atoms with Gasteiger partial charge in [-0.15, -0.1) is 11.3 Å². The highest BCUT2D eigenvalue weighted by molar-refractivity contribution is 7.12. The summed E-state index contributed by atoms with van der Waals surface area (Å²) in [6.07, 6.45) is 3.40. The van der Waals surface area contributed by atoms with Gasteiger partial charge in [-0.25, -0.2) is 9.79 Å². The van der Waals surface area contributed by atoms with Gasteiger partial charge in [-0.1, -0.05) is 30.3 Å². The fraction of sp³-hybridized carbons (Fsp3) is 0.105. The van der Waals surface area contributed by atoms with Crippen LogP contribution in [0, 0.1) is 6.92 Å². The van der Waals surface area contributed by atoms with Gasteiger partial charge in [0.15, 0.2) is 5.70 Å². The van der Waals surface area contributed by atoms with Gasteiger partial charge in [-0.3, -0.25) is 4.79 Å². The number of esters is 1. The lowest BCUT2D eigenvalue weighted by Gasteiger charge is -2.06. The van der Waals surface area contributed by atoms with Gasteiger partial charge in [0.25, 0.3) is 0 Å². The Morgan fingerprint density at radius 1 is 1.20 bits per heavy atom. The van der Waals surface area contributed by atoms with Gasteiger partial charge in [0.2, 0.25) is 11.8 Å². The zero-order valence-corrected chi connectivity index (χ0v) is 14.6. The second kappa shape index (κ2) is 7.27. The molecule has 0 unspecified atom stereocenters. The van der Waals surface area contributed by atoms with Crippen LogP contribution in [0.5, 0.6) is 0 Å². The van der Waals surface area contributed by atoms with Gasteiger partial charge >= 0.3 is 5.97 Å². The molecule has 3 rings (SSSR count). The van der Waals surface area contributed by atoms with Crippen molar-refractivity contribution in [1.29, 1.82) is 0 Å². The molecule has 1 N–H and O–H groups in total. The summed E-state index contributed by atoms with van der Waals surface area (Å²) >= 11 is 1.56. The van der Waals surface area contributed by atoms with E-state index in [-0.39, 0.29) is 17.5 Å². The Morgan fingerprint density at radius 3 is 2.60 bits per heavy atom. The van der Waals surface area contributed by atoms with Crippen LogP contribution in [0.15, 0.2) is 58.9 Å². The predicted octanol–water partition coefficient (Wildman–Crippen LogP) is 3.53. The Hall–Kier alpha value is -2.99. The lowest BCUT2D eigenvalue weighted by Crippen LogP contribution is -2.25. The van der Waals surface area contributed by atoms with E-state index in [1.165, 1.54) is 6.92 Å². The topological polar surface area (TPSA) is 67.8 Å². The van der Waals surface area contributed by atoms with Crippen LogP contribution >= 0.6 is 11.3 Å². The van der Waals surface area contributed by atoms with Crippen LogP contribution in [0.4, 0.5) is 0 Å². The molecule has 2 aromatic rings. The molecular weight excluding hydrogens is 336 g/mol. The largest absolute Gasteiger partial charge is 0.400 e. The quantitative estimate of drug-likeness (QED) is 0.676. The zero-order chi connectivity index (χ0) is 17.8. The number of carbonyl (C=O) groups is 2. The molecular formula is C19H16N2O3S. The van der Waals surface area contributed by atoms with Crippen LogP contribution in [0.1, 0.15) is 22.2 Å². The van der Waals surface area contributed by atoms with E-state index in [9.17, 15) is 9.59 Å². The second-order valence-electron chi connectivity index (χ2n) is 5.43. The molecule has 0 atom stereocenters. The molecule has 0 spiro atoms. The number of carbonyl (C=O) groups excluding carboxylic acids is 2. The van der Waals surface area contributed by atoms with Crippen LogP contribution < -0.4 is 5.32 Å². The van der Waals surface area contributed by atoms with Crippen molar-refractivity contribution in [2.45, 2.75) is 13.8 Å². The minimum absolute atomic E-state index is 0.0866. The molecule has 0 fully saturated rings. The number of aryl methyl sites for hydroxylation is 1. The number of rotatable bonds is 4. The molecule has 1 amide bonds. The van der Waals surface area contributed by atoms with Crippen molar-refractivity contribution in [3.63, 3.8) is 0 Å². The van der Waals surface area contributed by atoms with Gasteiger partial charge in [0, 0.05) is 16.7 Å². The Labute approximate surface area is 149 Å². The van der Waals surface area contributed by atoms with Gasteiger partial charge in [0.05, 0.1) is 0 Å². The zero-order valence-electron chi connectivity index (χ0n) is 13.8. The SMILES string of the molecule is CC(=O)NC(=Cc1ccccc1)C1=NC(=Cc2ccc(C)s2)C(=O)O1. The van der Waals surface area contributed by atoms with Crippen LogP contribution in [-0.4, -0.2) is 17.8 Å². The minimum Gasteiger partial charge on any atom is -0.400 e. The van der Waals surface area contributed by atoms with Crippen molar-refractivity contribution < 1.29 is 14.3 Å². The number of amides is 1. The Morgan fingerprint density at radius 2 is 1.96 bits per heavy atom. The molecule has 0 bridgehead atoms. The molecule has 1 aromatic carbocycles. The predicted molar refractivity (Wildman–Crippen MR) is 98.8 cm³/mol. The van der Waals surface area contributed by atoms with Crippen molar-refractivity contribution in [3.8, 4) is 0 Å². The molecule has 0 saturated heterocycles. The lowest BCUT2D eigenvalue weighted by atomic mass is 10.2. The number of cyclic esters (lactones) is 1. The number of nitrogens with one attached hydrogen (secondary N) is 1. The summed E-state index contributed by atoms with van der Waals surface area (Å²) in [5.74, 6) is -0.721. The molecule has 5 nitrogen and oxygen atoms in total. The smallest absolute Gasteiger partial charge is 0.363 e. The lowest BCUT2D eigenvalue weighted by molar-refractivity contribution is -0.130. The van der Waals surface area contributed by atoms with Crippen molar-refractivity contribution in [3.05, 3.63) is 69.2 Å². The normalized spacial score (nSPS) is 15.9. The van der Waals surface area contributed by atoms with E-state index in [1.54, 1.807) is 23.5 Å². The van der Waals surface area contributed by atoms with E-state index in [0.29, 0.717) is 5.70 Å². The number of nitrogens with zero attached hydrogens (tertiary/aromatic N) is 1. The summed E-state index contributed by atoms with van der Waals surface area (Å²) in [6.45, 7) is 3.38.